The molecule has 0 aromatic rings. The summed E-state index contributed by atoms with van der Waals surface area (Å²) in [6, 6.07) is 0.697. The Balaban J connectivity index is 2.62. The quantitative estimate of drug-likeness (QED) is 0.625. The molecule has 1 fully saturated rings. The maximum atomic E-state index is 11.5. The Bertz CT molecular complexity index is 160. The highest BCUT2D eigenvalue weighted by Crippen LogP contribution is 2.10. The summed E-state index contributed by atoms with van der Waals surface area (Å²) >= 11 is 0. The van der Waals surface area contributed by atoms with Crippen molar-refractivity contribution in [2.24, 2.45) is 0 Å². The van der Waals surface area contributed by atoms with Gasteiger partial charge in [0.25, 0.3) is 0 Å². The lowest BCUT2D eigenvalue weighted by Gasteiger charge is -2.39. The molecule has 3 nitrogen and oxygen atoms in total. The minimum atomic E-state index is 0.275. The van der Waals surface area contributed by atoms with Gasteiger partial charge in [-0.05, 0) is 13.8 Å². The molecule has 1 aliphatic heterocycles. The number of hydrogen-bond donors (Lipinski definition) is 1. The number of nitrogens with one attached hydrogen (secondary N) is 1. The van der Waals surface area contributed by atoms with E-state index in [0.717, 1.165) is 13.1 Å². The van der Waals surface area contributed by atoms with Gasteiger partial charge in [0.15, 0.2) is 0 Å². The van der Waals surface area contributed by atoms with E-state index in [1.54, 1.807) is 0 Å². The Morgan fingerprint density at radius 3 is 2.33 bits per heavy atom. The number of carbonyl (C=O) groups is 1. The van der Waals surface area contributed by atoms with Crippen LogP contribution in [0.25, 0.3) is 0 Å². The lowest BCUT2D eigenvalue weighted by Crippen LogP contribution is -2.57. The summed E-state index contributed by atoms with van der Waals surface area (Å²) in [6.45, 7) is 7.96. The maximum absolute atomic E-state index is 11.5. The van der Waals surface area contributed by atoms with Crippen LogP contribution in [-0.2, 0) is 4.79 Å². The normalized spacial score (nSPS) is 30.4. The molecule has 1 aliphatic rings. The van der Waals surface area contributed by atoms with Gasteiger partial charge in [0, 0.05) is 31.6 Å². The van der Waals surface area contributed by atoms with Crippen molar-refractivity contribution in [3.63, 3.8) is 0 Å². The molecule has 1 saturated heterocycles. The molecule has 1 N–H and O–H groups in total. The molecule has 12 heavy (non-hydrogen) atoms. The first-order valence-electron chi connectivity index (χ1n) is 4.68. The van der Waals surface area contributed by atoms with Crippen LogP contribution in [0.5, 0.6) is 0 Å². The monoisotopic (exact) mass is 170 g/mol. The van der Waals surface area contributed by atoms with Crippen LogP contribution in [-0.4, -0.2) is 36.0 Å². The highest BCUT2D eigenvalue weighted by Gasteiger charge is 2.27. The molecule has 2 atom stereocenters. The molecule has 1 heterocycles. The SMILES string of the molecule is CCC(=O)N1C(C)CNCC1C. The van der Waals surface area contributed by atoms with E-state index in [9.17, 15) is 4.79 Å². The lowest BCUT2D eigenvalue weighted by atomic mass is 10.1. The van der Waals surface area contributed by atoms with E-state index in [2.05, 4.69) is 19.2 Å². The van der Waals surface area contributed by atoms with Gasteiger partial charge in [-0.3, -0.25) is 4.79 Å². The van der Waals surface area contributed by atoms with Crippen molar-refractivity contribution in [3.8, 4) is 0 Å². The van der Waals surface area contributed by atoms with Gasteiger partial charge in [0.2, 0.25) is 5.91 Å². The molecule has 0 aromatic carbocycles. The van der Waals surface area contributed by atoms with Gasteiger partial charge >= 0.3 is 0 Å². The van der Waals surface area contributed by atoms with Crippen molar-refractivity contribution < 1.29 is 4.79 Å². The summed E-state index contributed by atoms with van der Waals surface area (Å²) in [4.78, 5) is 13.5. The van der Waals surface area contributed by atoms with Crippen molar-refractivity contribution >= 4 is 5.91 Å². The molecule has 0 radical (unpaired) electrons. The van der Waals surface area contributed by atoms with Crippen molar-refractivity contribution in [2.75, 3.05) is 13.1 Å². The number of carbonyl (C=O) groups excluding carboxylic acids is 1. The van der Waals surface area contributed by atoms with Crippen LogP contribution < -0.4 is 5.32 Å². The van der Waals surface area contributed by atoms with Gasteiger partial charge < -0.3 is 10.2 Å². The van der Waals surface area contributed by atoms with Crippen LogP contribution in [0, 0.1) is 0 Å². The van der Waals surface area contributed by atoms with E-state index in [1.807, 2.05) is 11.8 Å². The van der Waals surface area contributed by atoms with Crippen molar-refractivity contribution in [1.29, 1.82) is 0 Å². The average Bonchev–Trinajstić information content (AvgIpc) is 2.03. The van der Waals surface area contributed by atoms with Crippen LogP contribution in [0.3, 0.4) is 0 Å². The Hall–Kier alpha value is -0.570. The van der Waals surface area contributed by atoms with Crippen molar-refractivity contribution in [1.82, 2.24) is 10.2 Å². The van der Waals surface area contributed by atoms with E-state index in [0.29, 0.717) is 18.5 Å². The van der Waals surface area contributed by atoms with Gasteiger partial charge in [-0.15, -0.1) is 0 Å². The molecule has 1 rings (SSSR count). The van der Waals surface area contributed by atoms with Gasteiger partial charge in [0.05, 0.1) is 0 Å². The summed E-state index contributed by atoms with van der Waals surface area (Å²) in [5, 5.41) is 3.30. The third kappa shape index (κ3) is 1.78. The van der Waals surface area contributed by atoms with Crippen LogP contribution in [0.15, 0.2) is 0 Å². The van der Waals surface area contributed by atoms with Gasteiger partial charge in [-0.2, -0.15) is 0 Å². The fraction of sp³-hybridized carbons (Fsp3) is 0.889. The van der Waals surface area contributed by atoms with E-state index in [-0.39, 0.29) is 5.91 Å². The second kappa shape index (κ2) is 3.90. The molecule has 0 aromatic heterocycles. The topological polar surface area (TPSA) is 32.3 Å². The molecule has 0 aliphatic carbocycles. The second-order valence-electron chi connectivity index (χ2n) is 3.51. The Labute approximate surface area is 74.1 Å². The van der Waals surface area contributed by atoms with Crippen LogP contribution >= 0.6 is 0 Å². The molecule has 0 saturated carbocycles. The van der Waals surface area contributed by atoms with Gasteiger partial charge in [-0.1, -0.05) is 6.92 Å². The van der Waals surface area contributed by atoms with E-state index >= 15 is 0 Å². The largest absolute Gasteiger partial charge is 0.335 e. The van der Waals surface area contributed by atoms with Crippen molar-refractivity contribution in [2.45, 2.75) is 39.3 Å². The second-order valence-corrected chi connectivity index (χ2v) is 3.51. The first-order valence-corrected chi connectivity index (χ1v) is 4.68. The fourth-order valence-electron chi connectivity index (χ4n) is 1.81. The van der Waals surface area contributed by atoms with Gasteiger partial charge in [-0.25, -0.2) is 0 Å². The average molecular weight is 170 g/mol. The highest BCUT2D eigenvalue weighted by atomic mass is 16.2. The Morgan fingerprint density at radius 2 is 1.92 bits per heavy atom. The highest BCUT2D eigenvalue weighted by molar-refractivity contribution is 5.76. The van der Waals surface area contributed by atoms with Crippen LogP contribution in [0.1, 0.15) is 27.2 Å². The van der Waals surface area contributed by atoms with Gasteiger partial charge in [0.1, 0.15) is 0 Å². The summed E-state index contributed by atoms with van der Waals surface area (Å²) in [5.41, 5.74) is 0. The molecule has 2 unspecified atom stereocenters. The number of nitrogens with zero attached hydrogens (tertiary/aromatic N) is 1. The summed E-state index contributed by atoms with van der Waals surface area (Å²) in [5.74, 6) is 0.275. The summed E-state index contributed by atoms with van der Waals surface area (Å²) < 4.78 is 0. The zero-order chi connectivity index (χ0) is 9.14. The van der Waals surface area contributed by atoms with Crippen molar-refractivity contribution in [3.05, 3.63) is 0 Å². The number of piperazine rings is 1. The first-order chi connectivity index (χ1) is 5.66. The van der Waals surface area contributed by atoms with E-state index in [1.165, 1.54) is 0 Å². The number of rotatable bonds is 1. The summed E-state index contributed by atoms with van der Waals surface area (Å²) in [7, 11) is 0. The predicted molar refractivity (Wildman–Crippen MR) is 48.9 cm³/mol. The lowest BCUT2D eigenvalue weighted by molar-refractivity contribution is -0.136. The maximum Gasteiger partial charge on any atom is 0.222 e. The Morgan fingerprint density at radius 1 is 1.42 bits per heavy atom. The fourth-order valence-corrected chi connectivity index (χ4v) is 1.81. The van der Waals surface area contributed by atoms with E-state index < -0.39 is 0 Å². The number of amides is 1. The molecule has 1 amide bonds. The number of hydrogen-bond acceptors (Lipinski definition) is 2. The minimum Gasteiger partial charge on any atom is -0.335 e. The molecule has 0 bridgehead atoms. The Kier molecular flexibility index (Phi) is 3.09. The smallest absolute Gasteiger partial charge is 0.222 e. The molecule has 3 heteroatoms. The minimum absolute atomic E-state index is 0.275. The summed E-state index contributed by atoms with van der Waals surface area (Å²) in [6.07, 6.45) is 0.620. The predicted octanol–water partition coefficient (Wildman–Crippen LogP) is 0.605. The third-order valence-corrected chi connectivity index (χ3v) is 2.42. The molecular formula is C9H18N2O. The molecular weight excluding hydrogens is 152 g/mol. The zero-order valence-electron chi connectivity index (χ0n) is 8.13. The first kappa shape index (κ1) is 9.52. The zero-order valence-corrected chi connectivity index (χ0v) is 8.13. The third-order valence-electron chi connectivity index (χ3n) is 2.42. The standard InChI is InChI=1S/C9H18N2O/c1-4-9(12)11-7(2)5-10-6-8(11)3/h7-8,10H,4-6H2,1-3H3. The molecule has 0 spiro atoms. The van der Waals surface area contributed by atoms with Crippen LogP contribution in [0.2, 0.25) is 0 Å². The van der Waals surface area contributed by atoms with Crippen LogP contribution in [0.4, 0.5) is 0 Å². The molecule has 70 valence electrons. The van der Waals surface area contributed by atoms with E-state index in [4.69, 9.17) is 0 Å².